The maximum Gasteiger partial charge on any atom is 0.416 e. The number of aryl methyl sites for hydroxylation is 1. The Morgan fingerprint density at radius 3 is 2.54 bits per heavy atom. The summed E-state index contributed by atoms with van der Waals surface area (Å²) in [7, 11) is 1.76. The minimum absolute atomic E-state index is 0.261. The standard InChI is InChI=1S/C15H13F3N4OS/c1-9-7-12(23)22-13(19-9)24-14(20-22)21(2)8-10-3-5-11(6-4-10)15(16,17)18/h3-7H,8H2,1-2H3. The first-order chi connectivity index (χ1) is 11.2. The van der Waals surface area contributed by atoms with Gasteiger partial charge < -0.3 is 4.90 Å². The molecule has 2 aromatic heterocycles. The van der Waals surface area contributed by atoms with Gasteiger partial charge in [-0.15, -0.1) is 5.10 Å². The predicted octanol–water partition coefficient (Wildman–Crippen LogP) is 3.11. The first kappa shape index (κ1) is 16.4. The highest BCUT2D eigenvalue weighted by atomic mass is 32.1. The van der Waals surface area contributed by atoms with Crippen molar-refractivity contribution in [3.8, 4) is 0 Å². The second-order valence-electron chi connectivity index (χ2n) is 5.37. The van der Waals surface area contributed by atoms with Gasteiger partial charge in [0.25, 0.3) is 5.56 Å². The zero-order valence-electron chi connectivity index (χ0n) is 12.8. The smallest absolute Gasteiger partial charge is 0.345 e. The summed E-state index contributed by atoms with van der Waals surface area (Å²) in [4.78, 5) is 18.4. The molecule has 3 aromatic rings. The highest BCUT2D eigenvalue weighted by Gasteiger charge is 2.29. The maximum atomic E-state index is 12.6. The lowest BCUT2D eigenvalue weighted by Gasteiger charge is -2.15. The average molecular weight is 354 g/mol. The quantitative estimate of drug-likeness (QED) is 0.725. The lowest BCUT2D eigenvalue weighted by atomic mass is 10.1. The van der Waals surface area contributed by atoms with E-state index in [-0.39, 0.29) is 5.56 Å². The monoisotopic (exact) mass is 354 g/mol. The molecule has 0 radical (unpaired) electrons. The highest BCUT2D eigenvalue weighted by Crippen LogP contribution is 2.29. The summed E-state index contributed by atoms with van der Waals surface area (Å²) in [5, 5.41) is 4.77. The van der Waals surface area contributed by atoms with Gasteiger partial charge in [0.05, 0.1) is 5.56 Å². The van der Waals surface area contributed by atoms with E-state index in [0.717, 1.165) is 12.1 Å². The summed E-state index contributed by atoms with van der Waals surface area (Å²) in [6, 6.07) is 6.36. The minimum Gasteiger partial charge on any atom is -0.345 e. The molecule has 0 saturated carbocycles. The Bertz CT molecular complexity index is 931. The molecule has 2 heterocycles. The average Bonchev–Trinajstić information content (AvgIpc) is 2.91. The predicted molar refractivity (Wildman–Crippen MR) is 85.4 cm³/mol. The number of nitrogens with zero attached hydrogens (tertiary/aromatic N) is 4. The molecule has 9 heteroatoms. The van der Waals surface area contributed by atoms with Crippen molar-refractivity contribution in [1.82, 2.24) is 14.6 Å². The molecule has 0 amide bonds. The third-order valence-electron chi connectivity index (χ3n) is 3.39. The van der Waals surface area contributed by atoms with Crippen LogP contribution in [0, 0.1) is 6.92 Å². The molecule has 5 nitrogen and oxygen atoms in total. The first-order valence-electron chi connectivity index (χ1n) is 6.99. The van der Waals surface area contributed by atoms with E-state index in [1.807, 2.05) is 0 Å². The van der Waals surface area contributed by atoms with Gasteiger partial charge in [-0.2, -0.15) is 17.7 Å². The van der Waals surface area contributed by atoms with Crippen LogP contribution in [-0.4, -0.2) is 21.6 Å². The SMILES string of the molecule is Cc1cc(=O)n2nc(N(C)Cc3ccc(C(F)(F)F)cc3)sc2n1. The van der Waals surface area contributed by atoms with Crippen molar-refractivity contribution in [1.29, 1.82) is 0 Å². The fourth-order valence-corrected chi connectivity index (χ4v) is 3.12. The topological polar surface area (TPSA) is 50.5 Å². The maximum absolute atomic E-state index is 12.6. The lowest BCUT2D eigenvalue weighted by molar-refractivity contribution is -0.137. The van der Waals surface area contributed by atoms with E-state index in [9.17, 15) is 18.0 Å². The Kier molecular flexibility index (Phi) is 4.04. The van der Waals surface area contributed by atoms with Gasteiger partial charge in [-0.3, -0.25) is 4.79 Å². The molecule has 24 heavy (non-hydrogen) atoms. The van der Waals surface area contributed by atoms with Crippen molar-refractivity contribution < 1.29 is 13.2 Å². The van der Waals surface area contributed by atoms with E-state index in [1.54, 1.807) is 18.9 Å². The molecule has 0 N–H and O–H groups in total. The van der Waals surface area contributed by atoms with Crippen molar-refractivity contribution in [2.75, 3.05) is 11.9 Å². The van der Waals surface area contributed by atoms with Crippen LogP contribution < -0.4 is 10.5 Å². The third kappa shape index (κ3) is 3.25. The van der Waals surface area contributed by atoms with Gasteiger partial charge in [0.15, 0.2) is 0 Å². The van der Waals surface area contributed by atoms with E-state index < -0.39 is 11.7 Å². The molecule has 0 atom stereocenters. The summed E-state index contributed by atoms with van der Waals surface area (Å²) in [5.41, 5.74) is 0.380. The molecule has 0 unspecified atom stereocenters. The Morgan fingerprint density at radius 2 is 1.92 bits per heavy atom. The van der Waals surface area contributed by atoms with Crippen molar-refractivity contribution in [2.24, 2.45) is 0 Å². The van der Waals surface area contributed by atoms with Crippen LogP contribution in [0.25, 0.3) is 4.96 Å². The van der Waals surface area contributed by atoms with Crippen molar-refractivity contribution >= 4 is 21.4 Å². The number of benzene rings is 1. The molecule has 0 bridgehead atoms. The van der Waals surface area contributed by atoms with Gasteiger partial charge in [0, 0.05) is 25.4 Å². The summed E-state index contributed by atoms with van der Waals surface area (Å²) < 4.78 is 39.0. The molecule has 0 aliphatic carbocycles. The van der Waals surface area contributed by atoms with Crippen LogP contribution in [0.15, 0.2) is 35.1 Å². The highest BCUT2D eigenvalue weighted by molar-refractivity contribution is 7.20. The lowest BCUT2D eigenvalue weighted by Crippen LogP contribution is -2.18. The van der Waals surface area contributed by atoms with Crippen LogP contribution in [0.3, 0.4) is 0 Å². The molecule has 3 rings (SSSR count). The normalized spacial score (nSPS) is 11.9. The van der Waals surface area contributed by atoms with Gasteiger partial charge >= 0.3 is 6.18 Å². The van der Waals surface area contributed by atoms with Gasteiger partial charge in [-0.25, -0.2) is 4.98 Å². The van der Waals surface area contributed by atoms with Gasteiger partial charge in [-0.1, -0.05) is 23.5 Å². The molecular weight excluding hydrogens is 341 g/mol. The molecule has 1 aromatic carbocycles. The molecule has 0 aliphatic rings. The number of anilines is 1. The Morgan fingerprint density at radius 1 is 1.25 bits per heavy atom. The van der Waals surface area contributed by atoms with Crippen molar-refractivity contribution in [3.63, 3.8) is 0 Å². The van der Waals surface area contributed by atoms with Crippen molar-refractivity contribution in [2.45, 2.75) is 19.6 Å². The number of halogens is 3. The van der Waals surface area contributed by atoms with Gasteiger partial charge in [-0.05, 0) is 24.6 Å². The van der Waals surface area contributed by atoms with Gasteiger partial charge in [0.2, 0.25) is 10.1 Å². The number of alkyl halides is 3. The van der Waals surface area contributed by atoms with Crippen molar-refractivity contribution in [3.05, 3.63) is 57.5 Å². The molecular formula is C15H13F3N4OS. The van der Waals surface area contributed by atoms with E-state index in [2.05, 4.69) is 10.1 Å². The van der Waals surface area contributed by atoms with Gasteiger partial charge in [0.1, 0.15) is 0 Å². The third-order valence-corrected chi connectivity index (χ3v) is 4.41. The number of fused-ring (bicyclic) bond motifs is 1. The zero-order chi connectivity index (χ0) is 17.5. The van der Waals surface area contributed by atoms with Crippen LogP contribution in [-0.2, 0) is 12.7 Å². The Hall–Kier alpha value is -2.42. The fraction of sp³-hybridized carbons (Fsp3) is 0.267. The second kappa shape index (κ2) is 5.90. The molecule has 0 saturated heterocycles. The first-order valence-corrected chi connectivity index (χ1v) is 7.80. The summed E-state index contributed by atoms with van der Waals surface area (Å²) >= 11 is 1.25. The number of aromatic nitrogens is 3. The number of hydrogen-bond acceptors (Lipinski definition) is 5. The zero-order valence-corrected chi connectivity index (χ0v) is 13.6. The molecule has 0 fully saturated rings. The van der Waals surface area contributed by atoms with E-state index in [0.29, 0.717) is 27.9 Å². The molecule has 0 aliphatic heterocycles. The molecule has 126 valence electrons. The van der Waals surface area contributed by atoms with Crippen LogP contribution >= 0.6 is 11.3 Å². The van der Waals surface area contributed by atoms with Crippen LogP contribution in [0.4, 0.5) is 18.3 Å². The second-order valence-corrected chi connectivity index (χ2v) is 6.30. The van der Waals surface area contributed by atoms with Crippen LogP contribution in [0.5, 0.6) is 0 Å². The number of hydrogen-bond donors (Lipinski definition) is 0. The summed E-state index contributed by atoms with van der Waals surface area (Å²) in [5.74, 6) is 0. The number of rotatable bonds is 3. The molecule has 0 spiro atoms. The summed E-state index contributed by atoms with van der Waals surface area (Å²) in [6.07, 6.45) is -4.35. The van der Waals surface area contributed by atoms with Crippen LogP contribution in [0.2, 0.25) is 0 Å². The fourth-order valence-electron chi connectivity index (χ4n) is 2.21. The largest absolute Gasteiger partial charge is 0.416 e. The summed E-state index contributed by atoms with van der Waals surface area (Å²) in [6.45, 7) is 2.10. The van der Waals surface area contributed by atoms with E-state index in [1.165, 1.54) is 34.1 Å². The minimum atomic E-state index is -4.35. The Labute approximate surface area is 139 Å². The van der Waals surface area contributed by atoms with E-state index >= 15 is 0 Å². The Balaban J connectivity index is 1.83. The van der Waals surface area contributed by atoms with Crippen LogP contribution in [0.1, 0.15) is 16.8 Å². The van der Waals surface area contributed by atoms with E-state index in [4.69, 9.17) is 0 Å².